The van der Waals surface area contributed by atoms with Gasteiger partial charge in [-0.05, 0) is 43.3 Å². The van der Waals surface area contributed by atoms with Gasteiger partial charge in [0.25, 0.3) is 11.1 Å². The third-order valence-corrected chi connectivity index (χ3v) is 5.81. The molecule has 0 aliphatic rings. The average molecular weight is 430 g/mol. The van der Waals surface area contributed by atoms with Gasteiger partial charge in [0, 0.05) is 40.2 Å². The van der Waals surface area contributed by atoms with Gasteiger partial charge in [0.15, 0.2) is 0 Å². The molecule has 0 spiro atoms. The van der Waals surface area contributed by atoms with Crippen molar-refractivity contribution < 1.29 is 9.21 Å². The molecule has 5 aromatic rings. The van der Waals surface area contributed by atoms with Crippen molar-refractivity contribution in [1.29, 1.82) is 0 Å². The lowest BCUT2D eigenvalue weighted by Crippen LogP contribution is -2.13. The molecule has 8 heteroatoms. The fourth-order valence-corrected chi connectivity index (χ4v) is 4.22. The number of carbonyl (C=O) groups is 1. The minimum absolute atomic E-state index is 0.138. The average Bonchev–Trinajstić information content (AvgIpc) is 3.41. The van der Waals surface area contributed by atoms with Gasteiger partial charge in [0.1, 0.15) is 5.69 Å². The quantitative estimate of drug-likeness (QED) is 0.383. The molecule has 3 heterocycles. The Balaban J connectivity index is 1.30. The molecular weight excluding hydrogens is 410 g/mol. The van der Waals surface area contributed by atoms with Gasteiger partial charge in [-0.1, -0.05) is 36.0 Å². The maximum atomic E-state index is 12.5. The number of thioether (sulfide) groups is 1. The minimum Gasteiger partial charge on any atom is -0.410 e. The monoisotopic (exact) mass is 429 g/mol. The van der Waals surface area contributed by atoms with E-state index in [4.69, 9.17) is 4.42 Å². The highest BCUT2D eigenvalue weighted by Crippen LogP contribution is 2.31. The molecule has 5 rings (SSSR count). The second-order valence-corrected chi connectivity index (χ2v) is 7.84. The fraction of sp³-hybridized carbons (Fsp3) is 0.130. The summed E-state index contributed by atoms with van der Waals surface area (Å²) < 4.78 is 7.87. The first-order valence-corrected chi connectivity index (χ1v) is 10.9. The molecule has 0 unspecified atom stereocenters. The van der Waals surface area contributed by atoms with Crippen LogP contribution in [0.15, 0.2) is 76.5 Å². The minimum atomic E-state index is -0.138. The van der Waals surface area contributed by atoms with Crippen molar-refractivity contribution in [2.45, 2.75) is 18.7 Å². The van der Waals surface area contributed by atoms with Crippen LogP contribution in [0.4, 0.5) is 5.69 Å². The predicted molar refractivity (Wildman–Crippen MR) is 122 cm³/mol. The van der Waals surface area contributed by atoms with E-state index in [-0.39, 0.29) is 11.7 Å². The molecule has 0 aliphatic carbocycles. The van der Waals surface area contributed by atoms with Crippen molar-refractivity contribution in [3.05, 3.63) is 66.9 Å². The molecule has 0 bridgehead atoms. The molecule has 0 radical (unpaired) electrons. The molecule has 31 heavy (non-hydrogen) atoms. The normalized spacial score (nSPS) is 11.3. The van der Waals surface area contributed by atoms with Gasteiger partial charge in [-0.3, -0.25) is 9.78 Å². The number of para-hydroxylation sites is 1. The third-order valence-electron chi connectivity index (χ3n) is 4.99. The van der Waals surface area contributed by atoms with Crippen LogP contribution in [0.2, 0.25) is 0 Å². The van der Waals surface area contributed by atoms with Gasteiger partial charge in [-0.25, -0.2) is 0 Å². The lowest BCUT2D eigenvalue weighted by molar-refractivity contribution is -0.113. The van der Waals surface area contributed by atoms with E-state index in [1.165, 1.54) is 22.7 Å². The molecule has 1 N–H and O–H groups in total. The smallest absolute Gasteiger partial charge is 0.277 e. The Morgan fingerprint density at radius 2 is 1.87 bits per heavy atom. The summed E-state index contributed by atoms with van der Waals surface area (Å²) in [5.41, 5.74) is 3.71. The number of anilines is 1. The summed E-state index contributed by atoms with van der Waals surface area (Å²) in [7, 11) is 0. The third kappa shape index (κ3) is 3.77. The first kappa shape index (κ1) is 19.3. The van der Waals surface area contributed by atoms with Gasteiger partial charge >= 0.3 is 0 Å². The summed E-state index contributed by atoms with van der Waals surface area (Å²) in [4.78, 5) is 16.7. The van der Waals surface area contributed by atoms with E-state index < -0.39 is 0 Å². The van der Waals surface area contributed by atoms with E-state index in [1.54, 1.807) is 12.3 Å². The number of nitrogens with one attached hydrogen (secondary N) is 1. The van der Waals surface area contributed by atoms with E-state index in [2.05, 4.69) is 50.2 Å². The van der Waals surface area contributed by atoms with Crippen LogP contribution in [0.5, 0.6) is 0 Å². The Hall–Kier alpha value is -3.65. The molecule has 0 fully saturated rings. The van der Waals surface area contributed by atoms with Gasteiger partial charge in [-0.15, -0.1) is 10.2 Å². The first-order valence-electron chi connectivity index (χ1n) is 9.91. The zero-order valence-electron chi connectivity index (χ0n) is 16.8. The number of hydrogen-bond donors (Lipinski definition) is 1. The van der Waals surface area contributed by atoms with E-state index in [1.807, 2.05) is 36.4 Å². The molecule has 0 aliphatic heterocycles. The number of hydrogen-bond acceptors (Lipinski definition) is 6. The van der Waals surface area contributed by atoms with Crippen LogP contribution in [-0.4, -0.2) is 31.4 Å². The predicted octanol–water partition coefficient (Wildman–Crippen LogP) is 4.99. The molecule has 0 saturated carbocycles. The lowest BCUT2D eigenvalue weighted by Gasteiger charge is -2.06. The van der Waals surface area contributed by atoms with Crippen molar-refractivity contribution in [2.75, 3.05) is 11.1 Å². The van der Waals surface area contributed by atoms with Crippen LogP contribution in [0.3, 0.4) is 0 Å². The van der Waals surface area contributed by atoms with E-state index >= 15 is 0 Å². The summed E-state index contributed by atoms with van der Waals surface area (Å²) in [6.07, 6.45) is 1.66. The number of fused-ring (bicyclic) bond motifs is 3. The summed E-state index contributed by atoms with van der Waals surface area (Å²) in [5.74, 6) is 0.362. The highest BCUT2D eigenvalue weighted by atomic mass is 32.2. The summed E-state index contributed by atoms with van der Waals surface area (Å²) in [6, 6.07) is 19.8. The highest BCUT2D eigenvalue weighted by Gasteiger charge is 2.13. The Bertz CT molecular complexity index is 1380. The maximum Gasteiger partial charge on any atom is 0.277 e. The second-order valence-electron chi connectivity index (χ2n) is 6.92. The number of amides is 1. The van der Waals surface area contributed by atoms with Crippen LogP contribution in [-0.2, 0) is 11.3 Å². The van der Waals surface area contributed by atoms with Crippen LogP contribution in [0.25, 0.3) is 33.4 Å². The summed E-state index contributed by atoms with van der Waals surface area (Å²) in [5, 5.41) is 13.6. The summed E-state index contributed by atoms with van der Waals surface area (Å²) >= 11 is 1.19. The van der Waals surface area contributed by atoms with Crippen molar-refractivity contribution >= 4 is 45.2 Å². The molecular formula is C23H19N5O2S. The Morgan fingerprint density at radius 1 is 1.03 bits per heavy atom. The number of carbonyl (C=O) groups excluding carboxylic acids is 1. The number of aromatic nitrogens is 4. The standard InChI is InChI=1S/C23H19N5O2S/c1-2-28-19-9-4-3-7-16(19)17-13-15(10-11-20(17)28)25-21(29)14-31-23-27-26-22(30-23)18-8-5-6-12-24-18/h3-13H,2,14H2,1H3,(H,25,29). The fourth-order valence-electron chi connectivity index (χ4n) is 3.66. The molecule has 7 nitrogen and oxygen atoms in total. The van der Waals surface area contributed by atoms with Crippen molar-refractivity contribution in [2.24, 2.45) is 0 Å². The van der Waals surface area contributed by atoms with Gasteiger partial charge in [-0.2, -0.15) is 0 Å². The number of aryl methyl sites for hydroxylation is 1. The molecule has 2 aromatic carbocycles. The lowest BCUT2D eigenvalue weighted by atomic mass is 10.1. The Kier molecular flexibility index (Phi) is 5.13. The largest absolute Gasteiger partial charge is 0.410 e. The SMILES string of the molecule is CCn1c2ccccc2c2cc(NC(=O)CSc3nnc(-c4ccccn4)o3)ccc21. The van der Waals surface area contributed by atoms with Gasteiger partial charge in [0.05, 0.1) is 5.75 Å². The molecule has 3 aromatic heterocycles. The number of nitrogens with zero attached hydrogens (tertiary/aromatic N) is 4. The summed E-state index contributed by atoms with van der Waals surface area (Å²) in [6.45, 7) is 3.02. The molecule has 154 valence electrons. The topological polar surface area (TPSA) is 85.8 Å². The van der Waals surface area contributed by atoms with Gasteiger partial charge < -0.3 is 14.3 Å². The molecule has 0 atom stereocenters. The zero-order valence-corrected chi connectivity index (χ0v) is 17.6. The van der Waals surface area contributed by atoms with E-state index in [9.17, 15) is 4.79 Å². The van der Waals surface area contributed by atoms with E-state index in [0.29, 0.717) is 16.8 Å². The van der Waals surface area contributed by atoms with Gasteiger partial charge in [0.2, 0.25) is 5.91 Å². The van der Waals surface area contributed by atoms with E-state index in [0.717, 1.165) is 23.1 Å². The first-order chi connectivity index (χ1) is 15.2. The van der Waals surface area contributed by atoms with Crippen molar-refractivity contribution in [1.82, 2.24) is 19.7 Å². The highest BCUT2D eigenvalue weighted by molar-refractivity contribution is 7.99. The van der Waals surface area contributed by atoms with Crippen LogP contribution in [0, 0.1) is 0 Å². The van der Waals surface area contributed by atoms with Crippen LogP contribution in [0.1, 0.15) is 6.92 Å². The number of rotatable bonds is 6. The number of pyridine rings is 1. The molecule has 1 amide bonds. The number of benzene rings is 2. The maximum absolute atomic E-state index is 12.5. The van der Waals surface area contributed by atoms with Crippen molar-refractivity contribution in [3.8, 4) is 11.6 Å². The Morgan fingerprint density at radius 3 is 2.71 bits per heavy atom. The zero-order chi connectivity index (χ0) is 21.2. The second kappa shape index (κ2) is 8.23. The van der Waals surface area contributed by atoms with Crippen molar-refractivity contribution in [3.63, 3.8) is 0 Å². The van der Waals surface area contributed by atoms with Crippen LogP contribution < -0.4 is 5.32 Å². The molecule has 0 saturated heterocycles. The van der Waals surface area contributed by atoms with Crippen LogP contribution >= 0.6 is 11.8 Å². The Labute approximate surface area is 182 Å².